The summed E-state index contributed by atoms with van der Waals surface area (Å²) in [7, 11) is 0. The zero-order chi connectivity index (χ0) is 26.9. The number of hydrogen-bond acceptors (Lipinski definition) is 3. The fourth-order valence-corrected chi connectivity index (χ4v) is 5.04. The Labute approximate surface area is 225 Å². The van der Waals surface area contributed by atoms with E-state index in [1.807, 2.05) is 12.3 Å². The highest BCUT2D eigenvalue weighted by Gasteiger charge is 2.17. The monoisotopic (exact) mass is 512 g/mol. The van der Waals surface area contributed by atoms with E-state index in [0.29, 0.717) is 17.9 Å². The Morgan fingerprint density at radius 1 is 0.811 bits per heavy atom. The molecular weight excluding hydrogens is 460 g/mol. The minimum atomic E-state index is -0.364. The fourth-order valence-electron chi connectivity index (χ4n) is 5.04. The lowest BCUT2D eigenvalue weighted by molar-refractivity contribution is -0.131. The lowest BCUT2D eigenvalue weighted by Crippen LogP contribution is -2.24. The van der Waals surface area contributed by atoms with E-state index in [1.165, 1.54) is 96.8 Å². The molecule has 0 unspecified atom stereocenters. The first-order valence-corrected chi connectivity index (χ1v) is 15.0. The molecule has 1 aromatic heterocycles. The molecule has 1 N–H and O–H groups in total. The van der Waals surface area contributed by atoms with Gasteiger partial charge in [0, 0.05) is 36.6 Å². The quantitative estimate of drug-likeness (QED) is 0.109. The third-order valence-electron chi connectivity index (χ3n) is 7.18. The zero-order valence-corrected chi connectivity index (χ0v) is 24.1. The first-order valence-electron chi connectivity index (χ1n) is 15.0. The summed E-state index contributed by atoms with van der Waals surface area (Å²) in [4.78, 5) is 24.3. The topological polar surface area (TPSA) is 60.3 Å². The van der Waals surface area contributed by atoms with Crippen LogP contribution in [0.5, 0.6) is 5.75 Å². The molecule has 2 aromatic rings. The molecule has 0 aliphatic carbocycles. The van der Waals surface area contributed by atoms with Crippen LogP contribution in [0.3, 0.4) is 0 Å². The molecule has 208 valence electrons. The molecule has 0 atom stereocenters. The van der Waals surface area contributed by atoms with Gasteiger partial charge in [-0.1, -0.05) is 103 Å². The summed E-state index contributed by atoms with van der Waals surface area (Å²) in [5.41, 5.74) is 1.60. The number of nitrogens with zero attached hydrogens (tertiary/aromatic N) is 1. The third-order valence-corrected chi connectivity index (χ3v) is 7.18. The second-order valence-corrected chi connectivity index (χ2v) is 10.9. The molecule has 0 aliphatic heterocycles. The van der Waals surface area contributed by atoms with E-state index in [4.69, 9.17) is 4.74 Å². The second kappa shape index (κ2) is 18.0. The molecule has 0 spiro atoms. The summed E-state index contributed by atoms with van der Waals surface area (Å²) in [6.07, 6.45) is 23.4. The van der Waals surface area contributed by atoms with Gasteiger partial charge < -0.3 is 14.6 Å². The minimum Gasteiger partial charge on any atom is -0.427 e. The van der Waals surface area contributed by atoms with Crippen LogP contribution in [-0.2, 0) is 4.79 Å². The lowest BCUT2D eigenvalue weighted by Gasteiger charge is -2.09. The maximum absolute atomic E-state index is 13.0. The smallest absolute Gasteiger partial charge is 0.308 e. The van der Waals surface area contributed by atoms with Gasteiger partial charge in [-0.3, -0.25) is 9.59 Å². The van der Waals surface area contributed by atoms with Crippen LogP contribution in [0.4, 0.5) is 0 Å². The van der Waals surface area contributed by atoms with Crippen LogP contribution in [0, 0.1) is 0 Å². The highest BCUT2D eigenvalue weighted by molar-refractivity contribution is 6.07. The number of fused-ring (bicyclic) bond motifs is 1. The number of carbonyl (C=O) groups is 2. The van der Waals surface area contributed by atoms with Crippen molar-refractivity contribution in [2.24, 2.45) is 0 Å². The number of aromatic nitrogens is 1. The Balaban J connectivity index is 1.59. The van der Waals surface area contributed by atoms with Gasteiger partial charge >= 0.3 is 5.97 Å². The first kappa shape index (κ1) is 30.9. The second-order valence-electron chi connectivity index (χ2n) is 10.9. The fraction of sp³-hybridized carbons (Fsp3) is 0.688. The van der Waals surface area contributed by atoms with Crippen LogP contribution in [-0.4, -0.2) is 23.0 Å². The molecule has 0 radical (unpaired) electrons. The molecule has 5 heteroatoms. The van der Waals surface area contributed by atoms with E-state index in [0.717, 1.165) is 23.7 Å². The molecule has 1 heterocycles. The molecular formula is C32H52N2O3. The summed E-state index contributed by atoms with van der Waals surface area (Å²) >= 11 is 0. The molecule has 2 rings (SSSR count). The largest absolute Gasteiger partial charge is 0.427 e. The predicted octanol–water partition coefficient (Wildman–Crippen LogP) is 9.14. The average Bonchev–Trinajstić information content (AvgIpc) is 3.25. The van der Waals surface area contributed by atoms with Gasteiger partial charge in [-0.15, -0.1) is 0 Å². The molecule has 0 bridgehead atoms. The normalized spacial score (nSPS) is 11.4. The number of rotatable bonds is 20. The average molecular weight is 513 g/mol. The Bertz CT molecular complexity index is 932. The summed E-state index contributed by atoms with van der Waals surface area (Å²) in [6.45, 7) is 8.54. The van der Waals surface area contributed by atoms with Crippen molar-refractivity contribution in [3.63, 3.8) is 0 Å². The van der Waals surface area contributed by atoms with Crippen molar-refractivity contribution >= 4 is 22.8 Å². The maximum Gasteiger partial charge on any atom is 0.308 e. The number of benzene rings is 1. The van der Waals surface area contributed by atoms with E-state index < -0.39 is 0 Å². The molecule has 0 saturated carbocycles. The summed E-state index contributed by atoms with van der Waals surface area (Å²) in [5, 5.41) is 3.91. The van der Waals surface area contributed by atoms with Gasteiger partial charge in [0.05, 0.1) is 5.56 Å². The van der Waals surface area contributed by atoms with Gasteiger partial charge in [-0.25, -0.2) is 0 Å². The van der Waals surface area contributed by atoms with Crippen molar-refractivity contribution in [2.45, 2.75) is 136 Å². The Morgan fingerprint density at radius 3 is 1.81 bits per heavy atom. The van der Waals surface area contributed by atoms with Crippen LogP contribution in [0.1, 0.15) is 147 Å². The van der Waals surface area contributed by atoms with E-state index in [-0.39, 0.29) is 17.9 Å². The number of ether oxygens (including phenoxy) is 1. The molecule has 0 aliphatic rings. The van der Waals surface area contributed by atoms with Gasteiger partial charge in [0.15, 0.2) is 0 Å². The first-order chi connectivity index (χ1) is 17.9. The van der Waals surface area contributed by atoms with Crippen molar-refractivity contribution in [3.05, 3.63) is 30.0 Å². The van der Waals surface area contributed by atoms with E-state index >= 15 is 0 Å². The highest BCUT2D eigenvalue weighted by Crippen LogP contribution is 2.28. The maximum atomic E-state index is 13.0. The number of carbonyl (C=O) groups excluding carboxylic acids is 2. The van der Waals surface area contributed by atoms with Gasteiger partial charge in [-0.2, -0.15) is 0 Å². The van der Waals surface area contributed by atoms with Crippen LogP contribution < -0.4 is 10.1 Å². The lowest BCUT2D eigenvalue weighted by atomic mass is 10.0. The summed E-state index contributed by atoms with van der Waals surface area (Å²) in [6, 6.07) is 5.71. The van der Waals surface area contributed by atoms with Crippen molar-refractivity contribution in [2.75, 3.05) is 6.54 Å². The number of esters is 1. The van der Waals surface area contributed by atoms with Crippen molar-refractivity contribution in [1.29, 1.82) is 0 Å². The number of nitrogens with one attached hydrogen (secondary N) is 1. The zero-order valence-electron chi connectivity index (χ0n) is 24.1. The molecule has 37 heavy (non-hydrogen) atoms. The van der Waals surface area contributed by atoms with Crippen molar-refractivity contribution in [1.82, 2.24) is 9.88 Å². The number of hydrogen-bond donors (Lipinski definition) is 1. The van der Waals surface area contributed by atoms with E-state index in [1.54, 1.807) is 12.1 Å². The minimum absolute atomic E-state index is 0.0645. The summed E-state index contributed by atoms with van der Waals surface area (Å²) < 4.78 is 7.34. The Morgan fingerprint density at radius 2 is 1.32 bits per heavy atom. The molecule has 1 amide bonds. The van der Waals surface area contributed by atoms with Gasteiger partial charge in [0.2, 0.25) is 0 Å². The van der Waals surface area contributed by atoms with E-state index in [9.17, 15) is 9.59 Å². The standard InChI is InChI=1S/C32H52N2O3/c1-5-6-7-8-9-10-11-12-13-14-15-16-17-18-19-20-23-33-32(36)30-25-34(26(2)3)31-22-21-28(24-29(30)31)37-27(4)35/h21-22,24-26H,5-20,23H2,1-4H3,(H,33,36). The number of unbranched alkanes of at least 4 members (excludes halogenated alkanes) is 15. The van der Waals surface area contributed by atoms with E-state index in [2.05, 4.69) is 30.7 Å². The van der Waals surface area contributed by atoms with Crippen molar-refractivity contribution < 1.29 is 14.3 Å². The SMILES string of the molecule is CCCCCCCCCCCCCCCCCCNC(=O)c1cn(C(C)C)c2ccc(OC(C)=O)cc12. The van der Waals surface area contributed by atoms with Gasteiger partial charge in [0.25, 0.3) is 5.91 Å². The highest BCUT2D eigenvalue weighted by atomic mass is 16.5. The van der Waals surface area contributed by atoms with Gasteiger partial charge in [0.1, 0.15) is 5.75 Å². The van der Waals surface area contributed by atoms with Crippen LogP contribution in [0.15, 0.2) is 24.4 Å². The molecule has 5 nitrogen and oxygen atoms in total. The molecule has 0 fully saturated rings. The Kier molecular flexibility index (Phi) is 15.1. The predicted molar refractivity (Wildman–Crippen MR) is 156 cm³/mol. The van der Waals surface area contributed by atoms with Crippen LogP contribution in [0.2, 0.25) is 0 Å². The van der Waals surface area contributed by atoms with Crippen LogP contribution in [0.25, 0.3) is 10.9 Å². The van der Waals surface area contributed by atoms with Crippen molar-refractivity contribution in [3.8, 4) is 5.75 Å². The van der Waals surface area contributed by atoms with Gasteiger partial charge in [-0.05, 0) is 38.5 Å². The third kappa shape index (κ3) is 11.7. The summed E-state index contributed by atoms with van der Waals surface area (Å²) in [5.74, 6) is 0.0378. The number of amides is 1. The molecule has 0 saturated heterocycles. The molecule has 1 aromatic carbocycles. The van der Waals surface area contributed by atoms with Crippen LogP contribution >= 0.6 is 0 Å². The Hall–Kier alpha value is -2.30.